The van der Waals surface area contributed by atoms with Crippen LogP contribution in [0.4, 0.5) is 4.39 Å². The molecular weight excluding hydrogens is 255 g/mol. The summed E-state index contributed by atoms with van der Waals surface area (Å²) in [6, 6.07) is 8.52. The Hall–Kier alpha value is -1.87. The molecule has 2 aromatic rings. The molecule has 0 radical (unpaired) electrons. The van der Waals surface area contributed by atoms with Gasteiger partial charge in [-0.15, -0.1) is 0 Å². The van der Waals surface area contributed by atoms with Crippen LogP contribution in [0.15, 0.2) is 30.3 Å². The third-order valence-corrected chi connectivity index (χ3v) is 3.67. The number of rotatable bonds is 3. The summed E-state index contributed by atoms with van der Waals surface area (Å²) < 4.78 is 18.6. The Morgan fingerprint density at radius 1 is 1.00 bits per heavy atom. The van der Waals surface area contributed by atoms with E-state index in [4.69, 9.17) is 4.74 Å². The van der Waals surface area contributed by atoms with Crippen LogP contribution in [0.1, 0.15) is 33.9 Å². The highest BCUT2D eigenvalue weighted by Crippen LogP contribution is 2.29. The second-order valence-electron chi connectivity index (χ2n) is 5.09. The topological polar surface area (TPSA) is 29.5 Å². The summed E-state index contributed by atoms with van der Waals surface area (Å²) in [5.74, 6) is -0.289. The molecule has 2 rings (SSSR count). The van der Waals surface area contributed by atoms with E-state index in [1.807, 2.05) is 32.9 Å². The molecule has 2 nitrogen and oxygen atoms in total. The highest BCUT2D eigenvalue weighted by Gasteiger charge is 2.16. The maximum absolute atomic E-state index is 13.7. The molecule has 2 aromatic carbocycles. The smallest absolute Gasteiger partial charge is 0.165 e. The van der Waals surface area contributed by atoms with Gasteiger partial charge in [0.15, 0.2) is 11.6 Å². The second-order valence-corrected chi connectivity index (χ2v) is 5.09. The molecule has 0 amide bonds. The number of halogens is 1. The Balaban J connectivity index is 2.43. The van der Waals surface area contributed by atoms with Crippen molar-refractivity contribution >= 4 is 0 Å². The van der Waals surface area contributed by atoms with Crippen molar-refractivity contribution in [3.05, 3.63) is 64.0 Å². The number of hydrogen-bond donors (Lipinski definition) is 1. The van der Waals surface area contributed by atoms with Gasteiger partial charge in [0.25, 0.3) is 0 Å². The molecule has 0 heterocycles. The number of aliphatic hydroxyl groups is 1. The van der Waals surface area contributed by atoms with E-state index in [1.165, 1.54) is 24.8 Å². The predicted molar refractivity (Wildman–Crippen MR) is 77.7 cm³/mol. The molecule has 1 N–H and O–H groups in total. The molecule has 0 saturated heterocycles. The first-order valence-electron chi connectivity index (χ1n) is 6.53. The summed E-state index contributed by atoms with van der Waals surface area (Å²) in [4.78, 5) is 0. The Kier molecular flexibility index (Phi) is 4.09. The summed E-state index contributed by atoms with van der Waals surface area (Å²) in [5.41, 5.74) is 4.61. The van der Waals surface area contributed by atoms with Crippen LogP contribution in [0.25, 0.3) is 0 Å². The first-order valence-corrected chi connectivity index (χ1v) is 6.53. The summed E-state index contributed by atoms with van der Waals surface area (Å²) in [7, 11) is 1.42. The van der Waals surface area contributed by atoms with Gasteiger partial charge in [-0.1, -0.05) is 18.2 Å². The van der Waals surface area contributed by atoms with Crippen LogP contribution in [0.2, 0.25) is 0 Å². The van der Waals surface area contributed by atoms with Crippen molar-refractivity contribution in [3.63, 3.8) is 0 Å². The lowest BCUT2D eigenvalue weighted by molar-refractivity contribution is 0.218. The fourth-order valence-corrected chi connectivity index (χ4v) is 2.31. The van der Waals surface area contributed by atoms with Crippen molar-refractivity contribution in [2.24, 2.45) is 0 Å². The van der Waals surface area contributed by atoms with Crippen LogP contribution in [-0.4, -0.2) is 12.2 Å². The van der Waals surface area contributed by atoms with Gasteiger partial charge in [-0.25, -0.2) is 4.39 Å². The minimum Gasteiger partial charge on any atom is -0.494 e. The van der Waals surface area contributed by atoms with E-state index in [2.05, 4.69) is 0 Å². The molecule has 20 heavy (non-hydrogen) atoms. The molecule has 0 bridgehead atoms. The minimum absolute atomic E-state index is 0.178. The Morgan fingerprint density at radius 3 is 2.25 bits per heavy atom. The molecule has 1 atom stereocenters. The van der Waals surface area contributed by atoms with Gasteiger partial charge >= 0.3 is 0 Å². The Labute approximate surface area is 118 Å². The van der Waals surface area contributed by atoms with Gasteiger partial charge in [0.05, 0.1) is 7.11 Å². The molecule has 0 aromatic heterocycles. The predicted octanol–water partition coefficient (Wildman–Crippen LogP) is 3.84. The fraction of sp³-hybridized carbons (Fsp3) is 0.294. The molecular formula is C17H19FO2. The minimum atomic E-state index is -0.838. The summed E-state index contributed by atoms with van der Waals surface area (Å²) in [6.07, 6.45) is -0.838. The van der Waals surface area contributed by atoms with Gasteiger partial charge in [0.2, 0.25) is 0 Å². The zero-order valence-corrected chi connectivity index (χ0v) is 12.2. The molecule has 3 heteroatoms. The second kappa shape index (κ2) is 5.63. The van der Waals surface area contributed by atoms with Crippen LogP contribution < -0.4 is 4.74 Å². The first kappa shape index (κ1) is 14.5. The number of ether oxygens (including phenoxy) is 1. The number of hydrogen-bond acceptors (Lipinski definition) is 2. The van der Waals surface area contributed by atoms with Crippen molar-refractivity contribution in [2.45, 2.75) is 26.9 Å². The lowest BCUT2D eigenvalue weighted by atomic mass is 9.93. The molecule has 1 unspecified atom stereocenters. The first-order chi connectivity index (χ1) is 9.43. The quantitative estimate of drug-likeness (QED) is 0.921. The van der Waals surface area contributed by atoms with Gasteiger partial charge in [-0.3, -0.25) is 0 Å². The maximum Gasteiger partial charge on any atom is 0.165 e. The van der Waals surface area contributed by atoms with Gasteiger partial charge < -0.3 is 9.84 Å². The van der Waals surface area contributed by atoms with Crippen LogP contribution in [-0.2, 0) is 0 Å². The lowest BCUT2D eigenvalue weighted by Gasteiger charge is -2.17. The SMILES string of the molecule is COc1ccc(C(O)c2cc(C)c(C)cc2C)cc1F. The average molecular weight is 274 g/mol. The zero-order valence-electron chi connectivity index (χ0n) is 12.2. The highest BCUT2D eigenvalue weighted by molar-refractivity contribution is 5.42. The summed E-state index contributed by atoms with van der Waals surface area (Å²) >= 11 is 0. The Bertz CT molecular complexity index is 635. The van der Waals surface area contributed by atoms with E-state index in [9.17, 15) is 9.50 Å². The van der Waals surface area contributed by atoms with Crippen molar-refractivity contribution in [3.8, 4) is 5.75 Å². The highest BCUT2D eigenvalue weighted by atomic mass is 19.1. The number of methoxy groups -OCH3 is 1. The van der Waals surface area contributed by atoms with Crippen LogP contribution in [0, 0.1) is 26.6 Å². The summed E-state index contributed by atoms with van der Waals surface area (Å²) in [6.45, 7) is 5.98. The van der Waals surface area contributed by atoms with Crippen molar-refractivity contribution in [2.75, 3.05) is 7.11 Å². The van der Waals surface area contributed by atoms with Crippen LogP contribution >= 0.6 is 0 Å². The molecule has 0 saturated carbocycles. The fourth-order valence-electron chi connectivity index (χ4n) is 2.31. The van der Waals surface area contributed by atoms with E-state index in [-0.39, 0.29) is 5.75 Å². The molecule has 0 spiro atoms. The maximum atomic E-state index is 13.7. The van der Waals surface area contributed by atoms with Crippen LogP contribution in [0.5, 0.6) is 5.75 Å². The van der Waals surface area contributed by atoms with Crippen molar-refractivity contribution < 1.29 is 14.2 Å². The van der Waals surface area contributed by atoms with E-state index in [0.29, 0.717) is 5.56 Å². The molecule has 0 aliphatic heterocycles. The third kappa shape index (κ3) is 2.68. The van der Waals surface area contributed by atoms with E-state index in [1.54, 1.807) is 6.07 Å². The van der Waals surface area contributed by atoms with E-state index >= 15 is 0 Å². The van der Waals surface area contributed by atoms with E-state index in [0.717, 1.165) is 16.7 Å². The van der Waals surface area contributed by atoms with Gasteiger partial charge in [0.1, 0.15) is 6.10 Å². The number of benzene rings is 2. The molecule has 0 aliphatic rings. The molecule has 106 valence electrons. The average Bonchev–Trinajstić information content (AvgIpc) is 2.42. The Morgan fingerprint density at radius 2 is 1.65 bits per heavy atom. The third-order valence-electron chi connectivity index (χ3n) is 3.67. The monoisotopic (exact) mass is 274 g/mol. The van der Waals surface area contributed by atoms with Crippen molar-refractivity contribution in [1.29, 1.82) is 0 Å². The largest absolute Gasteiger partial charge is 0.494 e. The van der Waals surface area contributed by atoms with E-state index < -0.39 is 11.9 Å². The zero-order chi connectivity index (χ0) is 14.9. The van der Waals surface area contributed by atoms with Crippen LogP contribution in [0.3, 0.4) is 0 Å². The lowest BCUT2D eigenvalue weighted by Crippen LogP contribution is -2.04. The number of aliphatic hydroxyl groups excluding tert-OH is 1. The summed E-state index contributed by atoms with van der Waals surface area (Å²) in [5, 5.41) is 10.5. The van der Waals surface area contributed by atoms with Gasteiger partial charge in [-0.2, -0.15) is 0 Å². The number of aryl methyl sites for hydroxylation is 3. The normalized spacial score (nSPS) is 12.3. The van der Waals surface area contributed by atoms with Crippen molar-refractivity contribution in [1.82, 2.24) is 0 Å². The molecule has 0 aliphatic carbocycles. The molecule has 0 fully saturated rings. The van der Waals surface area contributed by atoms with Gasteiger partial charge in [0, 0.05) is 0 Å². The van der Waals surface area contributed by atoms with Gasteiger partial charge in [-0.05, 0) is 60.7 Å². The standard InChI is InChI=1S/C17H19FO2/c1-10-7-12(3)14(8-11(10)2)17(19)13-5-6-16(20-4)15(18)9-13/h5-9,17,19H,1-4H3.